The highest BCUT2D eigenvalue weighted by Crippen LogP contribution is 2.27. The van der Waals surface area contributed by atoms with Crippen molar-refractivity contribution in [2.45, 2.75) is 37.9 Å². The van der Waals surface area contributed by atoms with Gasteiger partial charge < -0.3 is 15.3 Å². The van der Waals surface area contributed by atoms with Gasteiger partial charge >= 0.3 is 5.97 Å². The Balaban J connectivity index is 1.73. The number of anilines is 1. The second kappa shape index (κ2) is 5.25. The van der Waals surface area contributed by atoms with Crippen LogP contribution in [0, 0.1) is 0 Å². The first-order valence-electron chi connectivity index (χ1n) is 6.99. The number of nitrogens with one attached hydrogen (secondary N) is 1. The zero-order valence-corrected chi connectivity index (χ0v) is 11.5. The number of nitrogens with zero attached hydrogens (tertiary/aromatic N) is 2. The summed E-state index contributed by atoms with van der Waals surface area (Å²) in [7, 11) is 2.03. The van der Waals surface area contributed by atoms with E-state index in [0.29, 0.717) is 6.54 Å². The Morgan fingerprint density at radius 2 is 2.25 bits per heavy atom. The van der Waals surface area contributed by atoms with E-state index in [2.05, 4.69) is 27.3 Å². The molecule has 0 radical (unpaired) electrons. The van der Waals surface area contributed by atoms with Gasteiger partial charge in [0, 0.05) is 18.8 Å². The number of hydrogen-bond donors (Lipinski definition) is 2. The van der Waals surface area contributed by atoms with E-state index in [4.69, 9.17) is 5.11 Å². The number of aliphatic carboxylic acids is 1. The number of carbonyl (C=O) groups is 1. The first kappa shape index (κ1) is 13.1. The second-order valence-corrected chi connectivity index (χ2v) is 5.45. The van der Waals surface area contributed by atoms with Crippen molar-refractivity contribution in [2.24, 2.45) is 4.99 Å². The third kappa shape index (κ3) is 2.41. The molecule has 2 atom stereocenters. The summed E-state index contributed by atoms with van der Waals surface area (Å²) >= 11 is 0. The number of carboxylic acid groups (broad SMARTS) is 1. The summed E-state index contributed by atoms with van der Waals surface area (Å²) in [4.78, 5) is 17.6. The third-order valence-electron chi connectivity index (χ3n) is 4.08. The number of carboxylic acids is 1. The second-order valence-electron chi connectivity index (χ2n) is 5.45. The molecule has 1 fully saturated rings. The predicted octanol–water partition coefficient (Wildman–Crippen LogP) is 1.63. The number of benzene rings is 1. The summed E-state index contributed by atoms with van der Waals surface area (Å²) in [5.74, 6) is 0.282. The lowest BCUT2D eigenvalue weighted by molar-refractivity contribution is -0.137. The zero-order valence-electron chi connectivity index (χ0n) is 11.5. The largest absolute Gasteiger partial charge is 0.481 e. The Kier molecular flexibility index (Phi) is 3.44. The molecule has 0 bridgehead atoms. The normalized spacial score (nSPS) is 25.2. The molecule has 0 unspecified atom stereocenters. The van der Waals surface area contributed by atoms with Crippen molar-refractivity contribution < 1.29 is 9.90 Å². The lowest BCUT2D eigenvalue weighted by Crippen LogP contribution is -2.45. The smallest absolute Gasteiger partial charge is 0.304 e. The van der Waals surface area contributed by atoms with Gasteiger partial charge in [0.05, 0.1) is 19.0 Å². The quantitative estimate of drug-likeness (QED) is 0.878. The first-order valence-corrected chi connectivity index (χ1v) is 6.99. The number of rotatable bonds is 3. The topological polar surface area (TPSA) is 64.9 Å². The number of para-hydroxylation sites is 1. The molecule has 3 rings (SSSR count). The molecule has 2 N–H and O–H groups in total. The Labute approximate surface area is 118 Å². The van der Waals surface area contributed by atoms with E-state index in [1.807, 2.05) is 19.2 Å². The number of amidine groups is 1. The van der Waals surface area contributed by atoms with Crippen LogP contribution < -0.4 is 10.2 Å². The number of fused-ring (bicyclic) bond motifs is 1. The molecule has 0 aromatic heterocycles. The molecular weight excluding hydrogens is 254 g/mol. The highest BCUT2D eigenvalue weighted by molar-refractivity contribution is 6.03. The number of likely N-dealkylation sites (N-methyl/N-ethyl adjacent to an activating group) is 1. The first-order chi connectivity index (χ1) is 9.65. The van der Waals surface area contributed by atoms with E-state index >= 15 is 0 Å². The Hall–Kier alpha value is -1.88. The van der Waals surface area contributed by atoms with Gasteiger partial charge in [0.25, 0.3) is 0 Å². The van der Waals surface area contributed by atoms with Crippen molar-refractivity contribution in [3.8, 4) is 0 Å². The van der Waals surface area contributed by atoms with Crippen LogP contribution in [0.2, 0.25) is 0 Å². The van der Waals surface area contributed by atoms with Crippen LogP contribution in [0.25, 0.3) is 0 Å². The van der Waals surface area contributed by atoms with Gasteiger partial charge in [0.2, 0.25) is 0 Å². The van der Waals surface area contributed by atoms with Crippen molar-refractivity contribution in [1.29, 1.82) is 0 Å². The average Bonchev–Trinajstić information content (AvgIpc) is 2.87. The fraction of sp³-hybridized carbons (Fsp3) is 0.467. The van der Waals surface area contributed by atoms with Crippen molar-refractivity contribution in [3.05, 3.63) is 29.8 Å². The summed E-state index contributed by atoms with van der Waals surface area (Å²) < 4.78 is 0. The number of aliphatic imine (C=N–C) groups is 1. The van der Waals surface area contributed by atoms with Gasteiger partial charge in [-0.15, -0.1) is 0 Å². The minimum Gasteiger partial charge on any atom is -0.481 e. The number of hydrogen-bond acceptors (Lipinski definition) is 4. The van der Waals surface area contributed by atoms with Crippen LogP contribution in [0.15, 0.2) is 29.3 Å². The fourth-order valence-electron chi connectivity index (χ4n) is 3.11. The molecule has 0 amide bonds. The van der Waals surface area contributed by atoms with Gasteiger partial charge in [-0.3, -0.25) is 9.79 Å². The van der Waals surface area contributed by atoms with E-state index in [1.165, 1.54) is 11.3 Å². The minimum atomic E-state index is -0.743. The van der Waals surface area contributed by atoms with Crippen LogP contribution in [0.5, 0.6) is 0 Å². The van der Waals surface area contributed by atoms with Gasteiger partial charge in [-0.25, -0.2) is 0 Å². The van der Waals surface area contributed by atoms with Crippen LogP contribution in [0.1, 0.15) is 24.8 Å². The Bertz CT molecular complexity index is 556. The standard InChI is InChI=1S/C15H19N3O2/c1-18-13-5-3-2-4-10(13)9-16-15(18)12-7-6-11(17-12)8-14(19)20/h2-5,11-12,17H,6-9H2,1H3,(H,19,20)/t11-,12+/m0/s1. The van der Waals surface area contributed by atoms with Crippen molar-refractivity contribution >= 4 is 17.5 Å². The van der Waals surface area contributed by atoms with Gasteiger partial charge in [-0.2, -0.15) is 0 Å². The van der Waals surface area contributed by atoms with E-state index < -0.39 is 5.97 Å². The molecule has 5 heteroatoms. The summed E-state index contributed by atoms with van der Waals surface area (Å²) in [6.45, 7) is 0.706. The van der Waals surface area contributed by atoms with Crippen molar-refractivity contribution in [1.82, 2.24) is 5.32 Å². The monoisotopic (exact) mass is 273 g/mol. The maximum Gasteiger partial charge on any atom is 0.304 e. The van der Waals surface area contributed by atoms with Gasteiger partial charge in [-0.05, 0) is 24.5 Å². The molecule has 5 nitrogen and oxygen atoms in total. The molecule has 1 aromatic carbocycles. The summed E-state index contributed by atoms with van der Waals surface area (Å²) in [5.41, 5.74) is 2.43. The van der Waals surface area contributed by atoms with Crippen LogP contribution in [0.4, 0.5) is 5.69 Å². The maximum absolute atomic E-state index is 10.8. The molecule has 0 spiro atoms. The Morgan fingerprint density at radius 1 is 1.45 bits per heavy atom. The summed E-state index contributed by atoms with van der Waals surface area (Å²) in [6, 6.07) is 8.50. The summed E-state index contributed by atoms with van der Waals surface area (Å²) in [6.07, 6.45) is 2.03. The van der Waals surface area contributed by atoms with Crippen LogP contribution in [-0.2, 0) is 11.3 Å². The molecule has 0 aliphatic carbocycles. The third-order valence-corrected chi connectivity index (χ3v) is 4.08. The molecule has 2 heterocycles. The SMILES string of the molecule is CN1C([C@H]2CC[C@@H](CC(=O)O)N2)=NCc2ccccc21. The predicted molar refractivity (Wildman–Crippen MR) is 78.2 cm³/mol. The molecule has 106 valence electrons. The molecule has 1 saturated heterocycles. The highest BCUT2D eigenvalue weighted by Gasteiger charge is 2.32. The molecule has 2 aliphatic heterocycles. The Morgan fingerprint density at radius 3 is 3.05 bits per heavy atom. The molecule has 20 heavy (non-hydrogen) atoms. The average molecular weight is 273 g/mol. The molecular formula is C15H19N3O2. The van der Waals surface area contributed by atoms with E-state index in [-0.39, 0.29) is 18.5 Å². The van der Waals surface area contributed by atoms with Gasteiger partial charge in [-0.1, -0.05) is 18.2 Å². The molecule has 1 aromatic rings. The molecule has 2 aliphatic rings. The van der Waals surface area contributed by atoms with E-state index in [0.717, 1.165) is 18.7 Å². The van der Waals surface area contributed by atoms with Crippen LogP contribution >= 0.6 is 0 Å². The van der Waals surface area contributed by atoms with Crippen molar-refractivity contribution in [3.63, 3.8) is 0 Å². The van der Waals surface area contributed by atoms with Crippen LogP contribution in [0.3, 0.4) is 0 Å². The van der Waals surface area contributed by atoms with Gasteiger partial charge in [0.15, 0.2) is 0 Å². The fourth-order valence-corrected chi connectivity index (χ4v) is 3.11. The van der Waals surface area contributed by atoms with E-state index in [9.17, 15) is 4.79 Å². The lowest BCUT2D eigenvalue weighted by atomic mass is 10.1. The highest BCUT2D eigenvalue weighted by atomic mass is 16.4. The molecule has 0 saturated carbocycles. The lowest BCUT2D eigenvalue weighted by Gasteiger charge is -2.31. The van der Waals surface area contributed by atoms with E-state index in [1.54, 1.807) is 0 Å². The van der Waals surface area contributed by atoms with Crippen LogP contribution in [-0.4, -0.2) is 36.0 Å². The zero-order chi connectivity index (χ0) is 14.1. The van der Waals surface area contributed by atoms with Gasteiger partial charge in [0.1, 0.15) is 5.84 Å². The minimum absolute atomic E-state index is 0.0609. The van der Waals surface area contributed by atoms with Crippen molar-refractivity contribution in [2.75, 3.05) is 11.9 Å². The maximum atomic E-state index is 10.8. The summed E-state index contributed by atoms with van der Waals surface area (Å²) in [5, 5.41) is 12.3.